The number of aryl methyl sites for hydroxylation is 1. The second-order valence-electron chi connectivity index (χ2n) is 3.69. The summed E-state index contributed by atoms with van der Waals surface area (Å²) >= 11 is 5.92. The number of aromatic nitrogens is 2. The molecular weight excluding hydrogens is 258 g/mol. The van der Waals surface area contributed by atoms with Gasteiger partial charge in [0.25, 0.3) is 0 Å². The fourth-order valence-electron chi connectivity index (χ4n) is 1.45. The molecule has 0 spiro atoms. The first kappa shape index (κ1) is 12.4. The van der Waals surface area contributed by atoms with Crippen molar-refractivity contribution in [2.24, 2.45) is 12.0 Å². The average Bonchev–Trinajstić information content (AvgIpc) is 2.65. The van der Waals surface area contributed by atoms with Gasteiger partial charge in [0.15, 0.2) is 7.05 Å². The van der Waals surface area contributed by atoms with E-state index >= 15 is 0 Å². The van der Waals surface area contributed by atoms with Crippen molar-refractivity contribution in [1.29, 1.82) is 0 Å². The molecule has 0 unspecified atom stereocenters. The first-order valence-electron chi connectivity index (χ1n) is 5.09. The van der Waals surface area contributed by atoms with Crippen LogP contribution in [0.4, 0.5) is 5.69 Å². The van der Waals surface area contributed by atoms with Crippen molar-refractivity contribution in [3.63, 3.8) is 0 Å². The van der Waals surface area contributed by atoms with Gasteiger partial charge in [-0.1, -0.05) is 22.3 Å². The van der Waals surface area contributed by atoms with Crippen LogP contribution in [0.15, 0.2) is 32.5 Å². The Morgan fingerprint density at radius 2 is 2.28 bits per heavy atom. The molecule has 7 heteroatoms. The summed E-state index contributed by atoms with van der Waals surface area (Å²) in [6, 6.07) is 5.03. The number of rotatable bonds is 2. The van der Waals surface area contributed by atoms with Gasteiger partial charge in [0.1, 0.15) is 0 Å². The van der Waals surface area contributed by atoms with Gasteiger partial charge in [0.05, 0.1) is 11.6 Å². The largest absolute Gasteiger partial charge is 0.854 e. The summed E-state index contributed by atoms with van der Waals surface area (Å²) in [6.45, 7) is 1.74. The molecule has 0 saturated heterocycles. The fraction of sp³-hybridized carbons (Fsp3) is 0.182. The molecule has 0 aliphatic rings. The highest BCUT2D eigenvalue weighted by atomic mass is 35.5. The van der Waals surface area contributed by atoms with E-state index in [-0.39, 0.29) is 5.69 Å². The minimum atomic E-state index is -0.758. The van der Waals surface area contributed by atoms with Crippen molar-refractivity contribution < 1.29 is 14.3 Å². The summed E-state index contributed by atoms with van der Waals surface area (Å²) in [6.07, 6.45) is 0. The van der Waals surface area contributed by atoms with Crippen LogP contribution >= 0.6 is 11.6 Å². The van der Waals surface area contributed by atoms with E-state index in [0.29, 0.717) is 16.3 Å². The first-order valence-corrected chi connectivity index (χ1v) is 5.47. The lowest BCUT2D eigenvalue weighted by molar-refractivity contribution is -0.742. The molecule has 0 atom stereocenters. The molecule has 94 valence electrons. The highest BCUT2D eigenvalue weighted by molar-refractivity contribution is 6.31. The highest BCUT2D eigenvalue weighted by Gasteiger charge is 2.17. The molecule has 0 amide bonds. The molecule has 2 aromatic rings. The molecule has 0 radical (unpaired) electrons. The maximum absolute atomic E-state index is 11.9. The Balaban J connectivity index is 2.52. The summed E-state index contributed by atoms with van der Waals surface area (Å²) < 4.78 is 5.66. The Labute approximate surface area is 107 Å². The molecule has 1 aromatic carbocycles. The SMILES string of the molecule is Cc1c(Cl)cccc1N=C([O-])c1c(=O)o[nH][n+]1C. The lowest BCUT2D eigenvalue weighted by Crippen LogP contribution is -2.43. The standard InChI is InChI=1S/C11H10ClN3O3/c1-6-7(12)4-3-5-8(6)13-10(16)9-11(17)18-14-15(9)2/h3-5H,1-2H3,(H-,13,14,16,17). The first-order chi connectivity index (χ1) is 8.50. The number of hydrogen-bond acceptors (Lipinski definition) is 4. The number of benzene rings is 1. The Morgan fingerprint density at radius 1 is 1.56 bits per heavy atom. The van der Waals surface area contributed by atoms with Crippen LogP contribution in [-0.4, -0.2) is 11.2 Å². The van der Waals surface area contributed by atoms with Crippen molar-refractivity contribution in [3.8, 4) is 0 Å². The van der Waals surface area contributed by atoms with Gasteiger partial charge in [0, 0.05) is 5.02 Å². The number of halogens is 1. The molecule has 0 saturated carbocycles. The fourth-order valence-corrected chi connectivity index (χ4v) is 1.62. The van der Waals surface area contributed by atoms with Crippen LogP contribution in [0.1, 0.15) is 11.3 Å². The molecule has 0 aliphatic carbocycles. The monoisotopic (exact) mass is 267 g/mol. The van der Waals surface area contributed by atoms with Crippen LogP contribution < -0.4 is 15.4 Å². The van der Waals surface area contributed by atoms with Crippen LogP contribution in [0.25, 0.3) is 0 Å². The minimum Gasteiger partial charge on any atom is -0.854 e. The van der Waals surface area contributed by atoms with Gasteiger partial charge in [-0.15, -0.1) is 0 Å². The average molecular weight is 268 g/mol. The van der Waals surface area contributed by atoms with E-state index in [9.17, 15) is 9.90 Å². The molecule has 1 heterocycles. The molecular formula is C11H10ClN3O3. The molecule has 0 aliphatic heterocycles. The predicted octanol–water partition coefficient (Wildman–Crippen LogP) is 0.193. The third-order valence-corrected chi connectivity index (χ3v) is 2.88. The van der Waals surface area contributed by atoms with Gasteiger partial charge < -0.3 is 5.11 Å². The van der Waals surface area contributed by atoms with E-state index < -0.39 is 11.5 Å². The molecule has 0 bridgehead atoms. The topological polar surface area (TPSA) is 85.3 Å². The molecule has 0 fully saturated rings. The van der Waals surface area contributed by atoms with Gasteiger partial charge in [0.2, 0.25) is 0 Å². The molecule has 1 N–H and O–H groups in total. The minimum absolute atomic E-state index is 0.172. The van der Waals surface area contributed by atoms with E-state index in [2.05, 4.69) is 14.8 Å². The number of aromatic amines is 1. The number of hydrogen-bond donors (Lipinski definition) is 1. The van der Waals surface area contributed by atoms with Crippen LogP contribution in [-0.2, 0) is 7.05 Å². The van der Waals surface area contributed by atoms with E-state index in [1.807, 2.05) is 0 Å². The maximum atomic E-state index is 11.9. The molecule has 1 aromatic heterocycles. The van der Waals surface area contributed by atoms with E-state index in [1.54, 1.807) is 25.1 Å². The van der Waals surface area contributed by atoms with E-state index in [4.69, 9.17) is 11.6 Å². The second-order valence-corrected chi connectivity index (χ2v) is 4.10. The predicted molar refractivity (Wildman–Crippen MR) is 62.9 cm³/mol. The van der Waals surface area contributed by atoms with Gasteiger partial charge in [-0.3, -0.25) is 9.52 Å². The Bertz CT molecular complexity index is 672. The van der Waals surface area contributed by atoms with Crippen LogP contribution in [0.5, 0.6) is 0 Å². The van der Waals surface area contributed by atoms with Gasteiger partial charge in [-0.2, -0.15) is 0 Å². The van der Waals surface area contributed by atoms with Gasteiger partial charge in [-0.05, 0) is 29.9 Å². The second kappa shape index (κ2) is 4.66. The Hall–Kier alpha value is -2.08. The summed E-state index contributed by atoms with van der Waals surface area (Å²) in [5, 5.41) is 14.6. The zero-order chi connectivity index (χ0) is 13.3. The van der Waals surface area contributed by atoms with Crippen LogP contribution in [0.3, 0.4) is 0 Å². The third kappa shape index (κ3) is 2.14. The Kier molecular flexibility index (Phi) is 3.20. The lowest BCUT2D eigenvalue weighted by atomic mass is 10.2. The number of nitrogens with one attached hydrogen (secondary N) is 1. The molecule has 6 nitrogen and oxygen atoms in total. The molecule has 2 rings (SSSR count). The maximum Gasteiger partial charge on any atom is 0.435 e. The van der Waals surface area contributed by atoms with Gasteiger partial charge >= 0.3 is 11.3 Å². The van der Waals surface area contributed by atoms with Crippen LogP contribution in [0, 0.1) is 6.92 Å². The zero-order valence-electron chi connectivity index (χ0n) is 9.73. The Morgan fingerprint density at radius 3 is 2.89 bits per heavy atom. The van der Waals surface area contributed by atoms with Crippen LogP contribution in [0.2, 0.25) is 5.02 Å². The van der Waals surface area contributed by atoms with Crippen molar-refractivity contribution in [1.82, 2.24) is 5.27 Å². The number of H-pyrrole nitrogens is 1. The summed E-state index contributed by atoms with van der Waals surface area (Å²) in [5.74, 6) is -0.683. The summed E-state index contributed by atoms with van der Waals surface area (Å²) in [7, 11) is 1.48. The smallest absolute Gasteiger partial charge is 0.435 e. The highest BCUT2D eigenvalue weighted by Crippen LogP contribution is 2.25. The van der Waals surface area contributed by atoms with Crippen molar-refractivity contribution in [2.45, 2.75) is 6.92 Å². The lowest BCUT2D eigenvalue weighted by Gasteiger charge is -2.06. The van der Waals surface area contributed by atoms with E-state index in [0.717, 1.165) is 0 Å². The zero-order valence-corrected chi connectivity index (χ0v) is 10.5. The summed E-state index contributed by atoms with van der Waals surface area (Å²) in [5.41, 5.74) is 0.170. The number of nitrogens with zero attached hydrogens (tertiary/aromatic N) is 2. The van der Waals surface area contributed by atoms with Gasteiger partial charge in [-0.25, -0.2) is 4.79 Å². The van der Waals surface area contributed by atoms with Crippen molar-refractivity contribution in [3.05, 3.63) is 44.9 Å². The number of aliphatic imine (C=N–C) groups is 1. The molecule has 18 heavy (non-hydrogen) atoms. The quantitative estimate of drug-likeness (QED) is 0.479. The normalized spacial score (nSPS) is 11.8. The third-order valence-electron chi connectivity index (χ3n) is 2.47. The summed E-state index contributed by atoms with van der Waals surface area (Å²) in [4.78, 5) is 15.2. The van der Waals surface area contributed by atoms with Crippen molar-refractivity contribution >= 4 is 23.2 Å². The van der Waals surface area contributed by atoms with Crippen molar-refractivity contribution in [2.75, 3.05) is 0 Å². The van der Waals surface area contributed by atoms with E-state index in [1.165, 1.54) is 11.7 Å².